The Kier molecular flexibility index (Phi) is 8.87. The highest BCUT2D eigenvalue weighted by atomic mass is 32.2. The van der Waals surface area contributed by atoms with E-state index in [2.05, 4.69) is 5.32 Å². The fourth-order valence-corrected chi connectivity index (χ4v) is 4.64. The smallest absolute Gasteiger partial charge is 0.244 e. The van der Waals surface area contributed by atoms with Gasteiger partial charge in [0.2, 0.25) is 21.8 Å². The zero-order chi connectivity index (χ0) is 24.8. The number of nitrogens with one attached hydrogen (secondary N) is 1. The molecule has 1 atom stereocenters. The minimum atomic E-state index is -3.76. The summed E-state index contributed by atoms with van der Waals surface area (Å²) in [5.41, 5.74) is 2.93. The van der Waals surface area contributed by atoms with Crippen LogP contribution in [0, 0.1) is 13.8 Å². The molecule has 0 aliphatic carbocycles. The van der Waals surface area contributed by atoms with Crippen molar-refractivity contribution in [1.29, 1.82) is 0 Å². The Hall–Kier alpha value is -3.07. The van der Waals surface area contributed by atoms with Crippen molar-refractivity contribution in [2.45, 2.75) is 39.8 Å². The SMILES string of the molecule is CC[C@@H](C(=O)NC)N(Cc1cccc(OC)c1)C(=O)CN(c1ccc(C)cc1C)S(C)(=O)=O. The van der Waals surface area contributed by atoms with Gasteiger partial charge in [-0.2, -0.15) is 0 Å². The molecule has 1 N–H and O–H groups in total. The molecule has 0 bridgehead atoms. The molecule has 180 valence electrons. The molecule has 0 radical (unpaired) electrons. The van der Waals surface area contributed by atoms with Crippen molar-refractivity contribution in [2.75, 3.05) is 31.3 Å². The van der Waals surface area contributed by atoms with Gasteiger partial charge in [-0.25, -0.2) is 8.42 Å². The molecule has 0 aromatic heterocycles. The van der Waals surface area contributed by atoms with Gasteiger partial charge in [0.05, 0.1) is 19.1 Å². The lowest BCUT2D eigenvalue weighted by Crippen LogP contribution is -2.51. The summed E-state index contributed by atoms with van der Waals surface area (Å²) in [6, 6.07) is 11.8. The Bertz CT molecular complexity index is 1100. The lowest BCUT2D eigenvalue weighted by Gasteiger charge is -2.33. The Morgan fingerprint density at radius 2 is 1.82 bits per heavy atom. The molecule has 0 aliphatic rings. The Balaban J connectivity index is 2.47. The predicted octanol–water partition coefficient (Wildman–Crippen LogP) is 2.63. The van der Waals surface area contributed by atoms with Crippen LogP contribution in [0.2, 0.25) is 0 Å². The van der Waals surface area contributed by atoms with Crippen LogP contribution in [0.15, 0.2) is 42.5 Å². The molecule has 2 aromatic rings. The minimum Gasteiger partial charge on any atom is -0.497 e. The first kappa shape index (κ1) is 26.2. The molecule has 0 aliphatic heterocycles. The van der Waals surface area contributed by atoms with Crippen molar-refractivity contribution in [2.24, 2.45) is 0 Å². The topological polar surface area (TPSA) is 96.0 Å². The van der Waals surface area contributed by atoms with Crippen LogP contribution in [0.4, 0.5) is 5.69 Å². The van der Waals surface area contributed by atoms with Crippen LogP contribution in [0.1, 0.15) is 30.0 Å². The van der Waals surface area contributed by atoms with Crippen LogP contribution < -0.4 is 14.4 Å². The first-order valence-electron chi connectivity index (χ1n) is 10.7. The van der Waals surface area contributed by atoms with E-state index in [4.69, 9.17) is 4.74 Å². The van der Waals surface area contributed by atoms with Crippen LogP contribution >= 0.6 is 0 Å². The highest BCUT2D eigenvalue weighted by Gasteiger charge is 2.31. The Morgan fingerprint density at radius 1 is 1.12 bits per heavy atom. The number of methoxy groups -OCH3 is 1. The van der Waals surface area contributed by atoms with Crippen molar-refractivity contribution in [1.82, 2.24) is 10.2 Å². The Labute approximate surface area is 196 Å². The fourth-order valence-electron chi connectivity index (χ4n) is 3.73. The normalized spacial score (nSPS) is 12.1. The number of nitrogens with zero attached hydrogens (tertiary/aromatic N) is 2. The van der Waals surface area contributed by atoms with Crippen molar-refractivity contribution in [3.05, 3.63) is 59.2 Å². The standard InChI is InChI=1S/C24H33N3O5S/c1-7-21(24(29)25-4)26(15-19-9-8-10-20(14-19)32-5)23(28)16-27(33(6,30)31)22-12-11-17(2)13-18(22)3/h8-14,21H,7,15-16H2,1-6H3,(H,25,29)/t21-/m0/s1. The van der Waals surface area contributed by atoms with Gasteiger partial charge in [-0.15, -0.1) is 0 Å². The number of hydrogen-bond acceptors (Lipinski definition) is 5. The van der Waals surface area contributed by atoms with E-state index in [9.17, 15) is 18.0 Å². The van der Waals surface area contributed by atoms with E-state index in [1.54, 1.807) is 44.4 Å². The van der Waals surface area contributed by atoms with Gasteiger partial charge < -0.3 is 15.0 Å². The molecule has 0 fully saturated rings. The third-order valence-electron chi connectivity index (χ3n) is 5.42. The summed E-state index contributed by atoms with van der Waals surface area (Å²) in [6.07, 6.45) is 1.44. The number of carbonyl (C=O) groups is 2. The molecule has 2 aromatic carbocycles. The highest BCUT2D eigenvalue weighted by Crippen LogP contribution is 2.25. The van der Waals surface area contributed by atoms with Crippen LogP contribution in [0.5, 0.6) is 5.75 Å². The molecule has 0 spiro atoms. The zero-order valence-corrected chi connectivity index (χ0v) is 20.9. The monoisotopic (exact) mass is 475 g/mol. The molecule has 0 saturated heterocycles. The van der Waals surface area contributed by atoms with E-state index in [-0.39, 0.29) is 12.5 Å². The van der Waals surface area contributed by atoms with E-state index in [1.165, 1.54) is 11.9 Å². The van der Waals surface area contributed by atoms with E-state index in [0.29, 0.717) is 17.9 Å². The van der Waals surface area contributed by atoms with Crippen molar-refractivity contribution in [3.63, 3.8) is 0 Å². The molecule has 0 heterocycles. The number of ether oxygens (including phenoxy) is 1. The summed E-state index contributed by atoms with van der Waals surface area (Å²) in [5.74, 6) is -0.161. The van der Waals surface area contributed by atoms with Gasteiger partial charge in [0.25, 0.3) is 0 Å². The van der Waals surface area contributed by atoms with Crippen molar-refractivity contribution < 1.29 is 22.7 Å². The number of hydrogen-bond donors (Lipinski definition) is 1. The lowest BCUT2D eigenvalue weighted by atomic mass is 10.1. The van der Waals surface area contributed by atoms with Gasteiger partial charge in [-0.1, -0.05) is 36.8 Å². The average Bonchev–Trinajstić information content (AvgIpc) is 2.76. The number of likely N-dealkylation sites (N-methyl/N-ethyl adjacent to an activating group) is 1. The van der Waals surface area contributed by atoms with Gasteiger partial charge in [-0.05, 0) is 49.6 Å². The second-order valence-corrected chi connectivity index (χ2v) is 9.88. The summed E-state index contributed by atoms with van der Waals surface area (Å²) < 4.78 is 31.7. The third kappa shape index (κ3) is 6.71. The molecule has 33 heavy (non-hydrogen) atoms. The number of carbonyl (C=O) groups excluding carboxylic acids is 2. The van der Waals surface area contributed by atoms with Crippen LogP contribution in [0.3, 0.4) is 0 Å². The predicted molar refractivity (Wildman–Crippen MR) is 130 cm³/mol. The lowest BCUT2D eigenvalue weighted by molar-refractivity contribution is -0.140. The van der Waals surface area contributed by atoms with Gasteiger partial charge in [-0.3, -0.25) is 13.9 Å². The van der Waals surface area contributed by atoms with Gasteiger partial charge in [0.1, 0.15) is 18.3 Å². The molecular formula is C24H33N3O5S. The maximum atomic E-state index is 13.5. The van der Waals surface area contributed by atoms with Crippen molar-refractivity contribution in [3.8, 4) is 5.75 Å². The molecule has 9 heteroatoms. The van der Waals surface area contributed by atoms with Gasteiger partial charge in [0.15, 0.2) is 0 Å². The molecule has 2 rings (SSSR count). The fraction of sp³-hybridized carbons (Fsp3) is 0.417. The Morgan fingerprint density at radius 3 is 2.36 bits per heavy atom. The van der Waals surface area contributed by atoms with E-state index < -0.39 is 28.5 Å². The largest absolute Gasteiger partial charge is 0.497 e. The molecule has 0 saturated carbocycles. The number of rotatable bonds is 10. The summed E-state index contributed by atoms with van der Waals surface area (Å²) in [5, 5.41) is 2.60. The molecule has 2 amide bonds. The van der Waals surface area contributed by atoms with E-state index in [0.717, 1.165) is 27.3 Å². The number of sulfonamides is 1. The first-order valence-corrected chi connectivity index (χ1v) is 12.6. The second kappa shape index (κ2) is 11.2. The molecule has 8 nitrogen and oxygen atoms in total. The van der Waals surface area contributed by atoms with Gasteiger partial charge >= 0.3 is 0 Å². The highest BCUT2D eigenvalue weighted by molar-refractivity contribution is 7.92. The number of anilines is 1. The number of aryl methyl sites for hydroxylation is 2. The summed E-state index contributed by atoms with van der Waals surface area (Å²) in [7, 11) is -0.696. The van der Waals surface area contributed by atoms with Crippen LogP contribution in [-0.4, -0.2) is 58.1 Å². The maximum absolute atomic E-state index is 13.5. The van der Waals surface area contributed by atoms with E-state index in [1.807, 2.05) is 26.0 Å². The number of benzene rings is 2. The molecule has 0 unspecified atom stereocenters. The maximum Gasteiger partial charge on any atom is 0.244 e. The van der Waals surface area contributed by atoms with Crippen molar-refractivity contribution >= 4 is 27.5 Å². The molecular weight excluding hydrogens is 442 g/mol. The second-order valence-electron chi connectivity index (χ2n) is 7.97. The first-order chi connectivity index (χ1) is 15.5. The quantitative estimate of drug-likeness (QED) is 0.570. The van der Waals surface area contributed by atoms with Gasteiger partial charge in [0, 0.05) is 13.6 Å². The summed E-state index contributed by atoms with van der Waals surface area (Å²) in [4.78, 5) is 27.6. The number of amides is 2. The van der Waals surface area contributed by atoms with E-state index >= 15 is 0 Å². The summed E-state index contributed by atoms with van der Waals surface area (Å²) in [6.45, 7) is 5.24. The third-order valence-corrected chi connectivity index (χ3v) is 6.55. The minimum absolute atomic E-state index is 0.131. The summed E-state index contributed by atoms with van der Waals surface area (Å²) >= 11 is 0. The van der Waals surface area contributed by atoms with Crippen LogP contribution in [0.25, 0.3) is 0 Å². The average molecular weight is 476 g/mol. The zero-order valence-electron chi connectivity index (χ0n) is 20.1. The van der Waals surface area contributed by atoms with Crippen LogP contribution in [-0.2, 0) is 26.2 Å².